The number of rotatable bonds is 4. The number of benzene rings is 1. The van der Waals surface area contributed by atoms with Crippen molar-refractivity contribution < 1.29 is 4.79 Å². The van der Waals surface area contributed by atoms with Crippen LogP contribution in [0.5, 0.6) is 0 Å². The average molecular weight is 281 g/mol. The number of carbonyl (C=O) groups excluding carboxylic acids is 1. The number of nitrogens with two attached hydrogens (primary N) is 1. The molecule has 0 saturated carbocycles. The van der Waals surface area contributed by atoms with Gasteiger partial charge in [0.05, 0.1) is 16.7 Å². The van der Waals surface area contributed by atoms with Crippen LogP contribution in [0.2, 0.25) is 0 Å². The fraction of sp³-hybridized carbons (Fsp3) is 0.200. The van der Waals surface area contributed by atoms with Crippen molar-refractivity contribution in [1.29, 1.82) is 0 Å². The molecule has 3 aromatic rings. The van der Waals surface area contributed by atoms with Crippen LogP contribution in [0, 0.1) is 0 Å². The smallest absolute Gasteiger partial charge is 0.248 e. The Morgan fingerprint density at radius 2 is 2.14 bits per heavy atom. The highest BCUT2D eigenvalue weighted by Crippen LogP contribution is 2.22. The Morgan fingerprint density at radius 1 is 1.29 bits per heavy atom. The van der Waals surface area contributed by atoms with Crippen LogP contribution in [0.15, 0.2) is 30.6 Å². The van der Waals surface area contributed by atoms with Gasteiger partial charge in [0.25, 0.3) is 0 Å². The van der Waals surface area contributed by atoms with E-state index < -0.39 is 5.91 Å². The molecule has 21 heavy (non-hydrogen) atoms. The van der Waals surface area contributed by atoms with Crippen molar-refractivity contribution in [2.75, 3.05) is 0 Å². The lowest BCUT2D eigenvalue weighted by Gasteiger charge is -2.08. The van der Waals surface area contributed by atoms with Gasteiger partial charge >= 0.3 is 0 Å². The Labute approximate surface area is 121 Å². The SMILES string of the molecule is CCCc1nc2cc(C(N)=O)ccc2nc1-c1ncc[nH]1. The first kappa shape index (κ1) is 13.2. The van der Waals surface area contributed by atoms with Crippen LogP contribution in [0.1, 0.15) is 29.4 Å². The molecule has 0 bridgehead atoms. The maximum absolute atomic E-state index is 11.3. The summed E-state index contributed by atoms with van der Waals surface area (Å²) in [6.07, 6.45) is 5.18. The van der Waals surface area contributed by atoms with E-state index in [0.717, 1.165) is 24.2 Å². The molecule has 3 N–H and O–H groups in total. The third kappa shape index (κ3) is 2.47. The third-order valence-electron chi connectivity index (χ3n) is 3.23. The Kier molecular flexibility index (Phi) is 3.35. The number of H-pyrrole nitrogens is 1. The van der Waals surface area contributed by atoms with E-state index >= 15 is 0 Å². The normalized spacial score (nSPS) is 10.9. The van der Waals surface area contributed by atoms with E-state index in [-0.39, 0.29) is 0 Å². The van der Waals surface area contributed by atoms with E-state index in [1.165, 1.54) is 0 Å². The first-order valence-corrected chi connectivity index (χ1v) is 6.79. The van der Waals surface area contributed by atoms with Gasteiger partial charge in [0, 0.05) is 18.0 Å². The van der Waals surface area contributed by atoms with Gasteiger partial charge in [-0.25, -0.2) is 15.0 Å². The number of hydrogen-bond donors (Lipinski definition) is 2. The molecule has 0 aliphatic rings. The Hall–Kier alpha value is -2.76. The summed E-state index contributed by atoms with van der Waals surface area (Å²) in [6, 6.07) is 5.09. The predicted octanol–water partition coefficient (Wildman–Crippen LogP) is 2.07. The number of nitrogens with zero attached hydrogens (tertiary/aromatic N) is 3. The summed E-state index contributed by atoms with van der Waals surface area (Å²) < 4.78 is 0. The highest BCUT2D eigenvalue weighted by atomic mass is 16.1. The van der Waals surface area contributed by atoms with E-state index in [1.807, 2.05) is 0 Å². The molecule has 0 unspecified atom stereocenters. The number of primary amides is 1. The van der Waals surface area contributed by atoms with Crippen molar-refractivity contribution in [2.24, 2.45) is 5.73 Å². The maximum atomic E-state index is 11.3. The summed E-state index contributed by atoms with van der Waals surface area (Å²) >= 11 is 0. The van der Waals surface area contributed by atoms with E-state index in [9.17, 15) is 4.79 Å². The number of fused-ring (bicyclic) bond motifs is 1. The number of aromatic amines is 1. The number of amides is 1. The summed E-state index contributed by atoms with van der Waals surface area (Å²) in [4.78, 5) is 27.8. The zero-order valence-electron chi connectivity index (χ0n) is 11.6. The molecular weight excluding hydrogens is 266 g/mol. The zero-order chi connectivity index (χ0) is 14.8. The minimum Gasteiger partial charge on any atom is -0.366 e. The number of hydrogen-bond acceptors (Lipinski definition) is 4. The molecule has 0 spiro atoms. The molecule has 106 valence electrons. The minimum absolute atomic E-state index is 0.435. The monoisotopic (exact) mass is 281 g/mol. The lowest BCUT2D eigenvalue weighted by molar-refractivity contribution is 0.100. The Bertz CT molecular complexity index is 795. The fourth-order valence-corrected chi connectivity index (χ4v) is 2.24. The van der Waals surface area contributed by atoms with Crippen molar-refractivity contribution in [2.45, 2.75) is 19.8 Å². The van der Waals surface area contributed by atoms with Crippen LogP contribution >= 0.6 is 0 Å². The molecule has 6 nitrogen and oxygen atoms in total. The van der Waals surface area contributed by atoms with Gasteiger partial charge in [0.2, 0.25) is 5.91 Å². The van der Waals surface area contributed by atoms with Crippen LogP contribution < -0.4 is 5.73 Å². The van der Waals surface area contributed by atoms with Gasteiger partial charge in [-0.2, -0.15) is 0 Å². The molecule has 3 rings (SSSR count). The highest BCUT2D eigenvalue weighted by Gasteiger charge is 2.13. The predicted molar refractivity (Wildman–Crippen MR) is 79.6 cm³/mol. The summed E-state index contributed by atoms with van der Waals surface area (Å²) in [6.45, 7) is 2.08. The molecule has 0 radical (unpaired) electrons. The molecule has 0 aliphatic heterocycles. The number of carbonyl (C=O) groups is 1. The van der Waals surface area contributed by atoms with Crippen molar-refractivity contribution in [3.63, 3.8) is 0 Å². The van der Waals surface area contributed by atoms with Crippen molar-refractivity contribution in [1.82, 2.24) is 19.9 Å². The van der Waals surface area contributed by atoms with Crippen LogP contribution in [0.4, 0.5) is 0 Å². The molecule has 1 aromatic carbocycles. The number of aryl methyl sites for hydroxylation is 1. The van der Waals surface area contributed by atoms with Gasteiger partial charge in [-0.15, -0.1) is 0 Å². The van der Waals surface area contributed by atoms with Gasteiger partial charge in [0.15, 0.2) is 5.82 Å². The summed E-state index contributed by atoms with van der Waals surface area (Å²) in [5.74, 6) is 0.234. The lowest BCUT2D eigenvalue weighted by atomic mass is 10.1. The first-order valence-electron chi connectivity index (χ1n) is 6.79. The molecule has 6 heteroatoms. The Balaban J connectivity index is 2.21. The summed E-state index contributed by atoms with van der Waals surface area (Å²) in [7, 11) is 0. The van der Waals surface area contributed by atoms with E-state index in [0.29, 0.717) is 22.4 Å². The number of nitrogens with one attached hydrogen (secondary N) is 1. The van der Waals surface area contributed by atoms with Crippen molar-refractivity contribution >= 4 is 16.9 Å². The van der Waals surface area contributed by atoms with Gasteiger partial charge in [-0.1, -0.05) is 13.3 Å². The van der Waals surface area contributed by atoms with Gasteiger partial charge in [-0.3, -0.25) is 4.79 Å². The molecule has 2 heterocycles. The molecule has 0 saturated heterocycles. The number of imidazole rings is 1. The molecular formula is C15H15N5O. The van der Waals surface area contributed by atoms with E-state index in [1.54, 1.807) is 30.6 Å². The topological polar surface area (TPSA) is 97.6 Å². The second-order valence-electron chi connectivity index (χ2n) is 4.77. The fourth-order valence-electron chi connectivity index (χ4n) is 2.24. The van der Waals surface area contributed by atoms with Gasteiger partial charge < -0.3 is 10.7 Å². The second-order valence-corrected chi connectivity index (χ2v) is 4.77. The molecule has 0 aliphatic carbocycles. The van der Waals surface area contributed by atoms with Crippen LogP contribution in [-0.2, 0) is 6.42 Å². The molecule has 2 aromatic heterocycles. The first-order chi connectivity index (χ1) is 10.2. The summed E-state index contributed by atoms with van der Waals surface area (Å²) in [5, 5.41) is 0. The van der Waals surface area contributed by atoms with Gasteiger partial charge in [0.1, 0.15) is 5.69 Å². The second kappa shape index (κ2) is 5.32. The third-order valence-corrected chi connectivity index (χ3v) is 3.23. The Morgan fingerprint density at radius 3 is 2.81 bits per heavy atom. The van der Waals surface area contributed by atoms with Crippen LogP contribution in [0.3, 0.4) is 0 Å². The van der Waals surface area contributed by atoms with E-state index in [4.69, 9.17) is 5.73 Å². The quantitative estimate of drug-likeness (QED) is 0.764. The highest BCUT2D eigenvalue weighted by molar-refractivity contribution is 5.96. The van der Waals surface area contributed by atoms with Gasteiger partial charge in [-0.05, 0) is 24.6 Å². The number of aromatic nitrogens is 4. The zero-order valence-corrected chi connectivity index (χ0v) is 11.6. The minimum atomic E-state index is -0.467. The standard InChI is InChI=1S/C15H15N5O/c1-2-3-11-13(15-17-6-7-18-15)20-10-5-4-9(14(16)21)8-12(10)19-11/h4-8H,2-3H2,1H3,(H2,16,21)(H,17,18). The molecule has 0 fully saturated rings. The summed E-state index contributed by atoms with van der Waals surface area (Å²) in [5.41, 5.74) is 8.74. The molecule has 0 atom stereocenters. The van der Waals surface area contributed by atoms with Crippen molar-refractivity contribution in [3.05, 3.63) is 41.9 Å². The lowest BCUT2D eigenvalue weighted by Crippen LogP contribution is -2.11. The largest absolute Gasteiger partial charge is 0.366 e. The van der Waals surface area contributed by atoms with Crippen LogP contribution in [0.25, 0.3) is 22.6 Å². The maximum Gasteiger partial charge on any atom is 0.248 e. The van der Waals surface area contributed by atoms with Crippen LogP contribution in [-0.4, -0.2) is 25.8 Å². The van der Waals surface area contributed by atoms with Crippen molar-refractivity contribution in [3.8, 4) is 11.5 Å². The van der Waals surface area contributed by atoms with E-state index in [2.05, 4.69) is 26.9 Å². The average Bonchev–Trinajstić information content (AvgIpc) is 3.00. The molecule has 1 amide bonds.